The van der Waals surface area contributed by atoms with Gasteiger partial charge in [-0.1, -0.05) is 93.3 Å². The van der Waals surface area contributed by atoms with E-state index in [1.54, 1.807) is 32.5 Å². The molecule has 3 aromatic rings. The molecule has 252 valence electrons. The van der Waals surface area contributed by atoms with Crippen molar-refractivity contribution in [3.05, 3.63) is 93.3 Å². The summed E-state index contributed by atoms with van der Waals surface area (Å²) >= 11 is 1.55. The van der Waals surface area contributed by atoms with E-state index in [4.69, 9.17) is 18.6 Å². The average Bonchev–Trinajstić information content (AvgIpc) is 3.41. The monoisotopic (exact) mass is 679 g/mol. The summed E-state index contributed by atoms with van der Waals surface area (Å²) in [6.45, 7) is 12.1. The first-order valence-corrected chi connectivity index (χ1v) is 18.9. The highest BCUT2D eigenvalue weighted by atomic mass is 32.2. The van der Waals surface area contributed by atoms with Crippen LogP contribution in [-0.4, -0.2) is 67.1 Å². The van der Waals surface area contributed by atoms with Gasteiger partial charge in [-0.15, -0.1) is 11.8 Å². The second-order valence-electron chi connectivity index (χ2n) is 13.3. The predicted molar refractivity (Wildman–Crippen MR) is 188 cm³/mol. The number of nitrogens with zero attached hydrogens (tertiary/aromatic N) is 1. The van der Waals surface area contributed by atoms with Crippen molar-refractivity contribution >= 4 is 36.5 Å². The highest BCUT2D eigenvalue weighted by Gasteiger charge is 2.51. The molecule has 0 bridgehead atoms. The summed E-state index contributed by atoms with van der Waals surface area (Å²) in [7, 11) is -2.86. The molecule has 4 rings (SSSR count). The topological polar surface area (TPSA) is 121 Å². The van der Waals surface area contributed by atoms with E-state index in [1.165, 1.54) is 10.8 Å². The highest BCUT2D eigenvalue weighted by molar-refractivity contribution is 7.98. The van der Waals surface area contributed by atoms with Crippen molar-refractivity contribution in [1.82, 2.24) is 14.9 Å². The maximum atomic E-state index is 13.0. The molecule has 0 aliphatic carbocycles. The number of thioether (sulfide) groups is 1. The molecule has 0 saturated carbocycles. The summed E-state index contributed by atoms with van der Waals surface area (Å²) in [4.78, 5) is 39.9. The summed E-state index contributed by atoms with van der Waals surface area (Å²) in [5.41, 5.74) is -1.83. The van der Waals surface area contributed by atoms with Crippen molar-refractivity contribution in [2.24, 2.45) is 0 Å². The number of hydrogen-bond donors (Lipinski definition) is 2. The van der Waals surface area contributed by atoms with Crippen LogP contribution in [0.5, 0.6) is 0 Å². The van der Waals surface area contributed by atoms with E-state index in [9.17, 15) is 14.4 Å². The number of amides is 1. The van der Waals surface area contributed by atoms with Crippen LogP contribution in [-0.2, 0) is 18.6 Å². The molecule has 1 aromatic heterocycles. The van der Waals surface area contributed by atoms with Crippen molar-refractivity contribution in [1.29, 1.82) is 0 Å². The lowest BCUT2D eigenvalue weighted by molar-refractivity contribution is -0.0523. The van der Waals surface area contributed by atoms with E-state index >= 15 is 0 Å². The number of carbonyl (C=O) groups excluding carboxylic acids is 1. The Kier molecular flexibility index (Phi) is 12.0. The van der Waals surface area contributed by atoms with Crippen LogP contribution >= 0.6 is 11.8 Å². The predicted octanol–water partition coefficient (Wildman–Crippen LogP) is 3.98. The van der Waals surface area contributed by atoms with Crippen LogP contribution in [0.15, 0.2) is 76.4 Å². The van der Waals surface area contributed by atoms with Gasteiger partial charge < -0.3 is 24.0 Å². The molecule has 2 aromatic carbocycles. The van der Waals surface area contributed by atoms with E-state index in [-0.39, 0.29) is 29.9 Å². The van der Waals surface area contributed by atoms with Crippen LogP contribution in [0.1, 0.15) is 59.8 Å². The Bertz CT molecular complexity index is 1630. The third-order valence-corrected chi connectivity index (χ3v) is 13.1. The summed E-state index contributed by atoms with van der Waals surface area (Å²) in [5.74, 6) is 5.93. The summed E-state index contributed by atoms with van der Waals surface area (Å²) in [6.07, 6.45) is 1.53. The number of benzene rings is 2. The molecule has 10 nitrogen and oxygen atoms in total. The third kappa shape index (κ3) is 9.06. The number of H-pyrrole nitrogens is 1. The fraction of sp³-hybridized carbons (Fsp3) is 0.457. The van der Waals surface area contributed by atoms with Crippen molar-refractivity contribution in [3.63, 3.8) is 0 Å². The molecular weight excluding hydrogens is 635 g/mol. The van der Waals surface area contributed by atoms with E-state index in [1.807, 2.05) is 42.7 Å². The number of nitrogens with one attached hydrogen (secondary N) is 2. The average molecular weight is 680 g/mol. The van der Waals surface area contributed by atoms with Gasteiger partial charge in [-0.05, 0) is 42.4 Å². The molecule has 1 fully saturated rings. The van der Waals surface area contributed by atoms with Crippen LogP contribution in [0, 0.1) is 11.8 Å². The van der Waals surface area contributed by atoms with Crippen molar-refractivity contribution < 1.29 is 23.4 Å². The quantitative estimate of drug-likeness (QED) is 0.188. The van der Waals surface area contributed by atoms with Crippen LogP contribution < -0.4 is 26.9 Å². The van der Waals surface area contributed by atoms with Crippen LogP contribution in [0.25, 0.3) is 0 Å². The fourth-order valence-corrected chi connectivity index (χ4v) is 10.6. The standard InChI is InChI=1S/C35H45N3O7SSi/c1-34(2,3)45-33(41)36-20-14-15-25-22-38(32(40)37-31(25)39)30-21-28(42-24-46-7)29(44-30)23-43-47(35(4,5)6,26-16-10-8-11-17-26)27-18-12-9-13-19-27/h8-13,16-19,22,28-30H,20-21,23-24H2,1-7H3,(H,36,41)(H,37,39,40)/t28?,29-,30-/m1/s1. The van der Waals surface area contributed by atoms with Crippen molar-refractivity contribution in [3.8, 4) is 11.8 Å². The van der Waals surface area contributed by atoms with Gasteiger partial charge in [0.1, 0.15) is 23.5 Å². The summed E-state index contributed by atoms with van der Waals surface area (Å²) < 4.78 is 26.4. The van der Waals surface area contributed by atoms with Crippen molar-refractivity contribution in [2.45, 2.75) is 77.0 Å². The number of hydrogen-bond acceptors (Lipinski definition) is 8. The first-order valence-electron chi connectivity index (χ1n) is 15.6. The smallest absolute Gasteiger partial charge is 0.408 e. The second-order valence-corrected chi connectivity index (χ2v) is 18.4. The Morgan fingerprint density at radius 1 is 1.04 bits per heavy atom. The molecule has 1 unspecified atom stereocenters. The molecule has 12 heteroatoms. The minimum atomic E-state index is -2.86. The molecule has 3 atom stereocenters. The van der Waals surface area contributed by atoms with E-state index in [0.29, 0.717) is 12.4 Å². The van der Waals surface area contributed by atoms with E-state index < -0.39 is 43.6 Å². The van der Waals surface area contributed by atoms with Gasteiger partial charge in [-0.3, -0.25) is 14.3 Å². The first kappa shape index (κ1) is 36.2. The van der Waals surface area contributed by atoms with E-state index in [0.717, 1.165) is 10.4 Å². The van der Waals surface area contributed by atoms with Crippen LogP contribution in [0.3, 0.4) is 0 Å². The molecule has 2 N–H and O–H groups in total. The normalized spacial score (nSPS) is 18.3. The SMILES string of the molecule is CSCOC1C[C@H](n2cc(C#CCNC(=O)OC(C)(C)C)c(=O)[nH]c2=O)O[C@@H]1CO[Si](c1ccccc1)(c1ccccc1)C(C)(C)C. The molecule has 1 saturated heterocycles. The zero-order valence-electron chi connectivity index (χ0n) is 28.1. The summed E-state index contributed by atoms with van der Waals surface area (Å²) in [6, 6.07) is 20.7. The van der Waals surface area contributed by atoms with E-state index in [2.05, 4.69) is 67.2 Å². The molecule has 1 aliphatic rings. The number of carbonyl (C=O) groups is 1. The minimum Gasteiger partial charge on any atom is -0.444 e. The maximum absolute atomic E-state index is 13.0. The van der Waals surface area contributed by atoms with Crippen molar-refractivity contribution in [2.75, 3.05) is 25.3 Å². The number of ether oxygens (including phenoxy) is 3. The zero-order chi connectivity index (χ0) is 34.2. The first-order chi connectivity index (χ1) is 22.2. The molecule has 1 amide bonds. The number of rotatable bonds is 10. The lowest BCUT2D eigenvalue weighted by Gasteiger charge is -2.43. The van der Waals surface area contributed by atoms with Gasteiger partial charge in [0.2, 0.25) is 0 Å². The molecule has 0 spiro atoms. The van der Waals surface area contributed by atoms with Crippen LogP contribution in [0.2, 0.25) is 5.04 Å². The lowest BCUT2D eigenvalue weighted by atomic mass is 10.2. The number of aromatic amines is 1. The highest BCUT2D eigenvalue weighted by Crippen LogP contribution is 2.38. The van der Waals surface area contributed by atoms with Gasteiger partial charge in [0.05, 0.1) is 25.2 Å². The zero-order valence-corrected chi connectivity index (χ0v) is 29.9. The lowest BCUT2D eigenvalue weighted by Crippen LogP contribution is -2.67. The maximum Gasteiger partial charge on any atom is 0.408 e. The minimum absolute atomic E-state index is 0.0420. The third-order valence-electron chi connectivity index (χ3n) is 7.68. The van der Waals surface area contributed by atoms with Gasteiger partial charge in [-0.25, -0.2) is 9.59 Å². The van der Waals surface area contributed by atoms with Gasteiger partial charge in [0.25, 0.3) is 13.9 Å². The summed E-state index contributed by atoms with van der Waals surface area (Å²) in [5, 5.41) is 4.60. The van der Waals surface area contributed by atoms with Gasteiger partial charge >= 0.3 is 11.8 Å². The molecule has 2 heterocycles. The number of aromatic nitrogens is 2. The number of alkyl carbamates (subject to hydrolysis) is 1. The Morgan fingerprint density at radius 3 is 2.21 bits per heavy atom. The van der Waals surface area contributed by atoms with Gasteiger partial charge in [0.15, 0.2) is 0 Å². The fourth-order valence-electron chi connectivity index (χ4n) is 5.68. The Hall–Kier alpha value is -3.60. The molecule has 1 aliphatic heterocycles. The Labute approximate surface area is 281 Å². The van der Waals surface area contributed by atoms with Gasteiger partial charge in [-0.2, -0.15) is 0 Å². The van der Waals surface area contributed by atoms with Gasteiger partial charge in [0, 0.05) is 12.6 Å². The Morgan fingerprint density at radius 2 is 1.66 bits per heavy atom. The van der Waals surface area contributed by atoms with Crippen LogP contribution in [0.4, 0.5) is 4.79 Å². The molecule has 47 heavy (non-hydrogen) atoms. The second kappa shape index (κ2) is 15.5. The molecular formula is C35H45N3O7SSi. The largest absolute Gasteiger partial charge is 0.444 e. The molecule has 0 radical (unpaired) electrons. The Balaban J connectivity index is 1.60.